The Morgan fingerprint density at radius 1 is 1.09 bits per heavy atom. The van der Waals surface area contributed by atoms with Gasteiger partial charge in [-0.25, -0.2) is 4.39 Å². The molecular weight excluding hydrogens is 291 g/mol. The van der Waals surface area contributed by atoms with Crippen molar-refractivity contribution in [3.05, 3.63) is 65.7 Å². The minimum atomic E-state index is -1.32. The van der Waals surface area contributed by atoms with Gasteiger partial charge in [-0.1, -0.05) is 18.2 Å². The molecule has 0 amide bonds. The van der Waals surface area contributed by atoms with Crippen LogP contribution in [0.1, 0.15) is 25.0 Å². The number of rotatable bonds is 2. The van der Waals surface area contributed by atoms with Crippen LogP contribution in [0.25, 0.3) is 21.9 Å². The summed E-state index contributed by atoms with van der Waals surface area (Å²) in [6.45, 7) is 3.10. The summed E-state index contributed by atoms with van der Waals surface area (Å²) in [6, 6.07) is 13.1. The van der Waals surface area contributed by atoms with Crippen LogP contribution in [-0.2, 0) is 5.60 Å². The van der Waals surface area contributed by atoms with Crippen LogP contribution >= 0.6 is 0 Å². The lowest BCUT2D eigenvalue weighted by Crippen LogP contribution is -2.19. The van der Waals surface area contributed by atoms with Crippen LogP contribution in [0.4, 0.5) is 4.39 Å². The fourth-order valence-corrected chi connectivity index (χ4v) is 2.76. The number of fused-ring (bicyclic) bond motifs is 1. The van der Waals surface area contributed by atoms with Crippen molar-refractivity contribution in [3.8, 4) is 17.2 Å². The van der Waals surface area contributed by atoms with E-state index in [1.807, 2.05) is 24.3 Å². The SMILES string of the molecule is CC(C)(O)c1c(F)cncc1-c1ccc2cc(C#N)ccc2c1. The van der Waals surface area contributed by atoms with Crippen LogP contribution in [0.15, 0.2) is 48.8 Å². The monoisotopic (exact) mass is 306 g/mol. The number of aliphatic hydroxyl groups is 1. The molecule has 0 bridgehead atoms. The summed E-state index contributed by atoms with van der Waals surface area (Å²) in [5.74, 6) is -0.532. The lowest BCUT2D eigenvalue weighted by molar-refractivity contribution is 0.0750. The van der Waals surface area contributed by atoms with Gasteiger partial charge in [0.15, 0.2) is 0 Å². The van der Waals surface area contributed by atoms with Crippen LogP contribution in [0.3, 0.4) is 0 Å². The van der Waals surface area contributed by atoms with Crippen LogP contribution in [-0.4, -0.2) is 10.1 Å². The highest BCUT2D eigenvalue weighted by atomic mass is 19.1. The van der Waals surface area contributed by atoms with Crippen molar-refractivity contribution in [1.29, 1.82) is 5.26 Å². The van der Waals surface area contributed by atoms with Gasteiger partial charge in [0, 0.05) is 17.3 Å². The second kappa shape index (κ2) is 5.45. The van der Waals surface area contributed by atoms with Gasteiger partial charge in [0.05, 0.1) is 23.4 Å². The van der Waals surface area contributed by atoms with Crippen LogP contribution in [0.2, 0.25) is 0 Å². The Bertz CT molecular complexity index is 936. The molecule has 0 saturated heterocycles. The van der Waals surface area contributed by atoms with Crippen molar-refractivity contribution < 1.29 is 9.50 Å². The first-order valence-corrected chi connectivity index (χ1v) is 7.21. The molecule has 4 heteroatoms. The molecule has 0 aliphatic heterocycles. The fourth-order valence-electron chi connectivity index (χ4n) is 2.76. The fraction of sp³-hybridized carbons (Fsp3) is 0.158. The standard InChI is InChI=1S/C19H15FN2O/c1-19(2,23)18-16(10-22-11-17(18)20)15-6-5-13-7-12(9-21)3-4-14(13)8-15/h3-8,10-11,23H,1-2H3. The Morgan fingerprint density at radius 2 is 1.78 bits per heavy atom. The minimum absolute atomic E-state index is 0.223. The Morgan fingerprint density at radius 3 is 2.48 bits per heavy atom. The van der Waals surface area contributed by atoms with E-state index in [0.717, 1.165) is 22.5 Å². The molecule has 0 saturated carbocycles. The summed E-state index contributed by atoms with van der Waals surface area (Å²) in [5.41, 5.74) is 0.826. The van der Waals surface area contributed by atoms with E-state index < -0.39 is 11.4 Å². The number of nitriles is 1. The molecule has 0 unspecified atom stereocenters. The molecule has 0 radical (unpaired) electrons. The molecule has 0 aliphatic carbocycles. The molecule has 3 nitrogen and oxygen atoms in total. The molecular formula is C19H15FN2O. The number of hydrogen-bond acceptors (Lipinski definition) is 3. The molecule has 1 heterocycles. The molecule has 0 aliphatic rings. The number of hydrogen-bond donors (Lipinski definition) is 1. The number of aromatic nitrogens is 1. The second-order valence-corrected chi connectivity index (χ2v) is 5.99. The molecule has 3 aromatic rings. The smallest absolute Gasteiger partial charge is 0.148 e. The zero-order valence-electron chi connectivity index (χ0n) is 12.8. The predicted molar refractivity (Wildman–Crippen MR) is 87.1 cm³/mol. The van der Waals surface area contributed by atoms with Gasteiger partial charge < -0.3 is 5.11 Å². The minimum Gasteiger partial charge on any atom is -0.386 e. The van der Waals surface area contributed by atoms with Gasteiger partial charge in [0.2, 0.25) is 0 Å². The van der Waals surface area contributed by atoms with Gasteiger partial charge in [0.25, 0.3) is 0 Å². The lowest BCUT2D eigenvalue weighted by Gasteiger charge is -2.22. The van der Waals surface area contributed by atoms with E-state index in [4.69, 9.17) is 5.26 Å². The Labute approximate surface area is 133 Å². The summed E-state index contributed by atoms with van der Waals surface area (Å²) in [7, 11) is 0. The molecule has 2 aromatic carbocycles. The zero-order valence-corrected chi connectivity index (χ0v) is 12.8. The van der Waals surface area contributed by atoms with Crippen molar-refractivity contribution in [2.45, 2.75) is 19.4 Å². The number of halogens is 1. The van der Waals surface area contributed by atoms with Gasteiger partial charge in [-0.05, 0) is 48.4 Å². The third kappa shape index (κ3) is 2.79. The predicted octanol–water partition coefficient (Wildman–Crippen LogP) is 4.14. The summed E-state index contributed by atoms with van der Waals surface area (Å²) >= 11 is 0. The van der Waals surface area contributed by atoms with E-state index in [1.165, 1.54) is 0 Å². The van der Waals surface area contributed by atoms with Crippen molar-refractivity contribution in [1.82, 2.24) is 4.98 Å². The van der Waals surface area contributed by atoms with E-state index in [-0.39, 0.29) is 5.56 Å². The van der Waals surface area contributed by atoms with Gasteiger partial charge in [-0.2, -0.15) is 5.26 Å². The largest absolute Gasteiger partial charge is 0.386 e. The molecule has 3 rings (SSSR count). The topological polar surface area (TPSA) is 56.9 Å². The van der Waals surface area contributed by atoms with Crippen molar-refractivity contribution in [2.24, 2.45) is 0 Å². The highest BCUT2D eigenvalue weighted by molar-refractivity contribution is 5.88. The first-order valence-electron chi connectivity index (χ1n) is 7.21. The molecule has 1 N–H and O–H groups in total. The van der Waals surface area contributed by atoms with Gasteiger partial charge >= 0.3 is 0 Å². The van der Waals surface area contributed by atoms with Crippen LogP contribution < -0.4 is 0 Å². The maximum absolute atomic E-state index is 14.2. The van der Waals surface area contributed by atoms with E-state index in [0.29, 0.717) is 11.1 Å². The second-order valence-electron chi connectivity index (χ2n) is 5.99. The first-order chi connectivity index (χ1) is 10.9. The molecule has 1 aromatic heterocycles. The maximum atomic E-state index is 14.2. The van der Waals surface area contributed by atoms with Crippen molar-refractivity contribution >= 4 is 10.8 Å². The number of nitrogens with zero attached hydrogens (tertiary/aromatic N) is 2. The summed E-state index contributed by atoms with van der Waals surface area (Å²) in [4.78, 5) is 3.91. The molecule has 114 valence electrons. The average Bonchev–Trinajstić information content (AvgIpc) is 2.52. The van der Waals surface area contributed by atoms with E-state index in [9.17, 15) is 9.50 Å². The quantitative estimate of drug-likeness (QED) is 0.774. The number of pyridine rings is 1. The molecule has 0 fully saturated rings. The van der Waals surface area contributed by atoms with Crippen molar-refractivity contribution in [2.75, 3.05) is 0 Å². The van der Waals surface area contributed by atoms with E-state index in [2.05, 4.69) is 11.1 Å². The third-order valence-corrected chi connectivity index (χ3v) is 3.79. The van der Waals surface area contributed by atoms with E-state index in [1.54, 1.807) is 32.2 Å². The summed E-state index contributed by atoms with van der Waals surface area (Å²) in [5, 5.41) is 21.1. The van der Waals surface area contributed by atoms with Gasteiger partial charge in [-0.3, -0.25) is 4.98 Å². The Balaban J connectivity index is 2.22. The summed E-state index contributed by atoms with van der Waals surface area (Å²) < 4.78 is 14.2. The summed E-state index contributed by atoms with van der Waals surface area (Å²) in [6.07, 6.45) is 2.66. The van der Waals surface area contributed by atoms with Crippen LogP contribution in [0, 0.1) is 17.1 Å². The van der Waals surface area contributed by atoms with E-state index >= 15 is 0 Å². The number of benzene rings is 2. The highest BCUT2D eigenvalue weighted by Gasteiger charge is 2.25. The Hall–Kier alpha value is -2.77. The highest BCUT2D eigenvalue weighted by Crippen LogP contribution is 2.34. The van der Waals surface area contributed by atoms with Gasteiger partial charge in [-0.15, -0.1) is 0 Å². The van der Waals surface area contributed by atoms with Crippen LogP contribution in [0.5, 0.6) is 0 Å². The van der Waals surface area contributed by atoms with Gasteiger partial charge in [0.1, 0.15) is 5.82 Å². The third-order valence-electron chi connectivity index (χ3n) is 3.79. The molecule has 0 atom stereocenters. The van der Waals surface area contributed by atoms with Crippen molar-refractivity contribution in [3.63, 3.8) is 0 Å². The molecule has 23 heavy (non-hydrogen) atoms. The normalized spacial score (nSPS) is 11.4. The lowest BCUT2D eigenvalue weighted by atomic mass is 9.90. The molecule has 0 spiro atoms. The average molecular weight is 306 g/mol. The Kier molecular flexibility index (Phi) is 3.59. The maximum Gasteiger partial charge on any atom is 0.148 e. The zero-order chi connectivity index (χ0) is 16.6. The first kappa shape index (κ1) is 15.1.